The SMILES string of the molecule is Cc1c(C(C)N)nnn1-c1c(Cl)ccc2nsnc12. The number of rotatable bonds is 2. The second-order valence-electron chi connectivity index (χ2n) is 4.29. The average molecular weight is 295 g/mol. The summed E-state index contributed by atoms with van der Waals surface area (Å²) in [6.45, 7) is 3.78. The van der Waals surface area contributed by atoms with Gasteiger partial charge in [-0.15, -0.1) is 5.10 Å². The molecule has 1 atom stereocenters. The maximum atomic E-state index is 6.27. The Labute approximate surface area is 118 Å². The minimum Gasteiger partial charge on any atom is -0.323 e. The second kappa shape index (κ2) is 4.52. The molecule has 0 aliphatic carbocycles. The molecule has 0 radical (unpaired) electrons. The van der Waals surface area contributed by atoms with Gasteiger partial charge in [0.1, 0.15) is 22.4 Å². The lowest BCUT2D eigenvalue weighted by Crippen LogP contribution is -2.08. The molecule has 6 nitrogen and oxygen atoms in total. The predicted octanol–water partition coefficient (Wildman–Crippen LogP) is 2.25. The van der Waals surface area contributed by atoms with Gasteiger partial charge >= 0.3 is 0 Å². The summed E-state index contributed by atoms with van der Waals surface area (Å²) in [7, 11) is 0. The van der Waals surface area contributed by atoms with Crippen molar-refractivity contribution < 1.29 is 0 Å². The number of hydrogen-bond acceptors (Lipinski definition) is 6. The van der Waals surface area contributed by atoms with Crippen LogP contribution in [0.15, 0.2) is 12.1 Å². The summed E-state index contributed by atoms with van der Waals surface area (Å²) in [5.74, 6) is 0. The Balaban J connectivity index is 2.30. The van der Waals surface area contributed by atoms with Crippen molar-refractivity contribution in [2.75, 3.05) is 0 Å². The molecule has 2 N–H and O–H groups in total. The van der Waals surface area contributed by atoms with Crippen LogP contribution in [-0.4, -0.2) is 23.7 Å². The van der Waals surface area contributed by atoms with Crippen LogP contribution in [0.4, 0.5) is 0 Å². The molecule has 0 saturated heterocycles. The standard InChI is InChI=1S/C11H11ClN6S/c1-5(13)9-6(2)18(17-14-9)11-7(12)3-4-8-10(11)16-19-15-8/h3-5H,13H2,1-2H3. The van der Waals surface area contributed by atoms with Crippen LogP contribution in [0.2, 0.25) is 5.02 Å². The summed E-state index contributed by atoms with van der Waals surface area (Å²) < 4.78 is 10.2. The topological polar surface area (TPSA) is 82.5 Å². The van der Waals surface area contributed by atoms with Crippen LogP contribution < -0.4 is 5.73 Å². The highest BCUT2D eigenvalue weighted by atomic mass is 35.5. The van der Waals surface area contributed by atoms with Crippen molar-refractivity contribution in [1.82, 2.24) is 23.7 Å². The number of benzene rings is 1. The van der Waals surface area contributed by atoms with E-state index in [4.69, 9.17) is 17.3 Å². The van der Waals surface area contributed by atoms with Gasteiger partial charge in [-0.3, -0.25) is 0 Å². The molecule has 0 saturated carbocycles. The van der Waals surface area contributed by atoms with Gasteiger partial charge < -0.3 is 5.73 Å². The largest absolute Gasteiger partial charge is 0.323 e. The third-order valence-corrected chi connectivity index (χ3v) is 3.77. The third kappa shape index (κ3) is 1.90. The molecule has 19 heavy (non-hydrogen) atoms. The van der Waals surface area contributed by atoms with E-state index in [0.29, 0.717) is 10.7 Å². The van der Waals surface area contributed by atoms with E-state index in [-0.39, 0.29) is 6.04 Å². The zero-order valence-corrected chi connectivity index (χ0v) is 11.9. The van der Waals surface area contributed by atoms with Crippen LogP contribution in [0.5, 0.6) is 0 Å². The highest BCUT2D eigenvalue weighted by molar-refractivity contribution is 7.00. The monoisotopic (exact) mass is 294 g/mol. The van der Waals surface area contributed by atoms with Crippen LogP contribution in [0.3, 0.4) is 0 Å². The Morgan fingerprint density at radius 1 is 1.37 bits per heavy atom. The first-order chi connectivity index (χ1) is 9.09. The van der Waals surface area contributed by atoms with Crippen molar-refractivity contribution in [3.63, 3.8) is 0 Å². The summed E-state index contributed by atoms with van der Waals surface area (Å²) >= 11 is 7.42. The maximum Gasteiger partial charge on any atom is 0.132 e. The summed E-state index contributed by atoms with van der Waals surface area (Å²) in [4.78, 5) is 0. The molecule has 0 spiro atoms. The van der Waals surface area contributed by atoms with Gasteiger partial charge in [0.25, 0.3) is 0 Å². The van der Waals surface area contributed by atoms with Gasteiger partial charge in [0.2, 0.25) is 0 Å². The van der Waals surface area contributed by atoms with Crippen molar-refractivity contribution in [3.8, 4) is 5.69 Å². The molecule has 98 valence electrons. The van der Waals surface area contributed by atoms with Crippen LogP contribution >= 0.6 is 23.3 Å². The second-order valence-corrected chi connectivity index (χ2v) is 5.22. The first-order valence-electron chi connectivity index (χ1n) is 5.68. The fourth-order valence-corrected chi connectivity index (χ4v) is 2.76. The molecular weight excluding hydrogens is 284 g/mol. The van der Waals surface area contributed by atoms with Crippen LogP contribution in [0.25, 0.3) is 16.7 Å². The van der Waals surface area contributed by atoms with Gasteiger partial charge in [-0.05, 0) is 26.0 Å². The number of halogens is 1. The predicted molar refractivity (Wildman–Crippen MR) is 74.7 cm³/mol. The smallest absolute Gasteiger partial charge is 0.132 e. The molecule has 3 aromatic rings. The summed E-state index contributed by atoms with van der Waals surface area (Å²) in [6.07, 6.45) is 0. The third-order valence-electron chi connectivity index (χ3n) is 2.93. The zero-order valence-electron chi connectivity index (χ0n) is 10.3. The van der Waals surface area contributed by atoms with E-state index in [1.165, 1.54) is 0 Å². The Morgan fingerprint density at radius 2 is 2.16 bits per heavy atom. The van der Waals surface area contributed by atoms with Gasteiger partial charge in [0.05, 0.1) is 22.4 Å². The minimum absolute atomic E-state index is 0.180. The molecule has 0 fully saturated rings. The van der Waals surface area contributed by atoms with Gasteiger partial charge in [0, 0.05) is 6.04 Å². The van der Waals surface area contributed by atoms with Gasteiger partial charge in [-0.2, -0.15) is 8.75 Å². The minimum atomic E-state index is -0.180. The lowest BCUT2D eigenvalue weighted by molar-refractivity contribution is 0.757. The number of nitrogens with two attached hydrogens (primary N) is 1. The molecule has 2 aromatic heterocycles. The fourth-order valence-electron chi connectivity index (χ4n) is 1.99. The van der Waals surface area contributed by atoms with Crippen molar-refractivity contribution in [2.24, 2.45) is 5.73 Å². The molecule has 0 amide bonds. The van der Waals surface area contributed by atoms with E-state index in [9.17, 15) is 0 Å². The molecule has 3 rings (SSSR count). The fraction of sp³-hybridized carbons (Fsp3) is 0.273. The molecule has 8 heteroatoms. The Morgan fingerprint density at radius 3 is 2.84 bits per heavy atom. The van der Waals surface area contributed by atoms with E-state index in [1.807, 2.05) is 19.9 Å². The lowest BCUT2D eigenvalue weighted by Gasteiger charge is -2.07. The van der Waals surface area contributed by atoms with E-state index < -0.39 is 0 Å². The van der Waals surface area contributed by atoms with Crippen molar-refractivity contribution in [3.05, 3.63) is 28.5 Å². The molecule has 0 aliphatic heterocycles. The van der Waals surface area contributed by atoms with E-state index in [1.54, 1.807) is 10.7 Å². The molecule has 0 bridgehead atoms. The van der Waals surface area contributed by atoms with Crippen molar-refractivity contribution in [2.45, 2.75) is 19.9 Å². The molecule has 1 aromatic carbocycles. The highest BCUT2D eigenvalue weighted by Crippen LogP contribution is 2.29. The van der Waals surface area contributed by atoms with Crippen molar-refractivity contribution >= 4 is 34.4 Å². The molecule has 1 unspecified atom stereocenters. The Kier molecular flexibility index (Phi) is 2.96. The van der Waals surface area contributed by atoms with Crippen molar-refractivity contribution in [1.29, 1.82) is 0 Å². The van der Waals surface area contributed by atoms with E-state index >= 15 is 0 Å². The highest BCUT2D eigenvalue weighted by Gasteiger charge is 2.18. The Hall–Kier alpha value is -1.57. The van der Waals surface area contributed by atoms with E-state index in [0.717, 1.165) is 34.1 Å². The number of fused-ring (bicyclic) bond motifs is 1. The average Bonchev–Trinajstić information content (AvgIpc) is 2.96. The quantitative estimate of drug-likeness (QED) is 0.784. The first-order valence-corrected chi connectivity index (χ1v) is 6.79. The molecular formula is C11H11ClN6S. The summed E-state index contributed by atoms with van der Waals surface area (Å²) in [5, 5.41) is 8.80. The normalized spacial score (nSPS) is 13.1. The van der Waals surface area contributed by atoms with Gasteiger partial charge in [-0.25, -0.2) is 4.68 Å². The summed E-state index contributed by atoms with van der Waals surface area (Å²) in [5.41, 5.74) is 9.68. The molecule has 2 heterocycles. The first kappa shape index (κ1) is 12.5. The van der Waals surface area contributed by atoms with Gasteiger partial charge in [-0.1, -0.05) is 16.8 Å². The summed E-state index contributed by atoms with van der Waals surface area (Å²) in [6, 6.07) is 3.44. The zero-order chi connectivity index (χ0) is 13.6. The molecule has 0 aliphatic rings. The maximum absolute atomic E-state index is 6.27. The van der Waals surface area contributed by atoms with Crippen LogP contribution in [0, 0.1) is 6.92 Å². The number of nitrogens with zero attached hydrogens (tertiary/aromatic N) is 5. The Bertz CT molecular complexity index is 747. The van der Waals surface area contributed by atoms with Crippen LogP contribution in [-0.2, 0) is 0 Å². The van der Waals surface area contributed by atoms with E-state index in [2.05, 4.69) is 19.1 Å². The van der Waals surface area contributed by atoms with Crippen LogP contribution in [0.1, 0.15) is 24.4 Å². The van der Waals surface area contributed by atoms with Gasteiger partial charge in [0.15, 0.2) is 0 Å². The number of aromatic nitrogens is 5. The number of hydrogen-bond donors (Lipinski definition) is 1. The lowest BCUT2D eigenvalue weighted by atomic mass is 10.2.